The maximum atomic E-state index is 12.3. The second kappa shape index (κ2) is 10.0. The van der Waals surface area contributed by atoms with E-state index in [0.717, 1.165) is 38.5 Å². The van der Waals surface area contributed by atoms with Gasteiger partial charge in [0.1, 0.15) is 5.54 Å². The molecule has 2 amide bonds. The molecule has 0 aliphatic heterocycles. The fourth-order valence-corrected chi connectivity index (χ4v) is 3.59. The lowest BCUT2D eigenvalue weighted by molar-refractivity contribution is -0.130. The van der Waals surface area contributed by atoms with Crippen LogP contribution in [-0.2, 0) is 21.5 Å². The van der Waals surface area contributed by atoms with Gasteiger partial charge in [0.25, 0.3) is 0 Å². The van der Waals surface area contributed by atoms with Crippen molar-refractivity contribution in [2.45, 2.75) is 63.8 Å². The molecule has 1 heterocycles. The van der Waals surface area contributed by atoms with Crippen molar-refractivity contribution >= 4 is 11.8 Å². The van der Waals surface area contributed by atoms with Crippen molar-refractivity contribution in [3.63, 3.8) is 0 Å². The Hall–Kier alpha value is -2.44. The third-order valence-electron chi connectivity index (χ3n) is 4.87. The summed E-state index contributed by atoms with van der Waals surface area (Å²) < 4.78 is 5.39. The molecule has 0 unspecified atom stereocenters. The lowest BCUT2D eigenvalue weighted by Crippen LogP contribution is -2.45. The smallest absolute Gasteiger partial charge is 0.227 e. The molecule has 7 heteroatoms. The van der Waals surface area contributed by atoms with E-state index >= 15 is 0 Å². The highest BCUT2D eigenvalue weighted by Gasteiger charge is 2.38. The molecule has 1 N–H and O–H groups in total. The first-order chi connectivity index (χ1) is 13.0. The van der Waals surface area contributed by atoms with Gasteiger partial charge in [-0.3, -0.25) is 9.59 Å². The molecular formula is C20H30N4O3. The molecule has 27 heavy (non-hydrogen) atoms. The second-order valence-electron chi connectivity index (χ2n) is 7.07. The van der Waals surface area contributed by atoms with Crippen molar-refractivity contribution in [1.29, 1.82) is 0 Å². The van der Waals surface area contributed by atoms with E-state index in [4.69, 9.17) is 4.52 Å². The highest BCUT2D eigenvalue weighted by molar-refractivity contribution is 5.76. The van der Waals surface area contributed by atoms with Gasteiger partial charge in [0.05, 0.1) is 0 Å². The summed E-state index contributed by atoms with van der Waals surface area (Å²) in [7, 11) is 0. The zero-order valence-electron chi connectivity index (χ0n) is 16.2. The molecule has 1 aromatic heterocycles. The largest absolute Gasteiger partial charge is 0.343 e. The molecular weight excluding hydrogens is 344 g/mol. The molecule has 0 bridgehead atoms. The van der Waals surface area contributed by atoms with Gasteiger partial charge in [0.2, 0.25) is 17.7 Å². The standard InChI is InChI=1S/C20H30N4O3/c1-4-14-24(15-5-2)18(26)11-10-17-21-19(23-27-17)20(22-16(3)25)12-8-6-7-9-13-20/h4-5H,1-2,6-15H2,3H3,(H,22,25). The van der Waals surface area contributed by atoms with Crippen molar-refractivity contribution < 1.29 is 14.1 Å². The van der Waals surface area contributed by atoms with E-state index in [2.05, 4.69) is 28.6 Å². The maximum Gasteiger partial charge on any atom is 0.227 e. The second-order valence-corrected chi connectivity index (χ2v) is 7.07. The fourth-order valence-electron chi connectivity index (χ4n) is 3.59. The fraction of sp³-hybridized carbons (Fsp3) is 0.600. The first-order valence-corrected chi connectivity index (χ1v) is 9.62. The highest BCUT2D eigenvalue weighted by atomic mass is 16.5. The van der Waals surface area contributed by atoms with Crippen molar-refractivity contribution in [3.8, 4) is 0 Å². The topological polar surface area (TPSA) is 88.3 Å². The van der Waals surface area contributed by atoms with Crippen LogP contribution >= 0.6 is 0 Å². The summed E-state index contributed by atoms with van der Waals surface area (Å²) in [6, 6.07) is 0. The Morgan fingerprint density at radius 2 is 1.81 bits per heavy atom. The third kappa shape index (κ3) is 5.77. The lowest BCUT2D eigenvalue weighted by atomic mass is 9.89. The molecule has 0 spiro atoms. The Balaban J connectivity index is 2.07. The van der Waals surface area contributed by atoms with Gasteiger partial charge in [-0.25, -0.2) is 0 Å². The van der Waals surface area contributed by atoms with Gasteiger partial charge >= 0.3 is 0 Å². The van der Waals surface area contributed by atoms with Gasteiger partial charge in [-0.1, -0.05) is 43.0 Å². The molecule has 0 saturated heterocycles. The maximum absolute atomic E-state index is 12.3. The average Bonchev–Trinajstić information content (AvgIpc) is 2.99. The van der Waals surface area contributed by atoms with E-state index in [-0.39, 0.29) is 18.2 Å². The molecule has 1 fully saturated rings. The van der Waals surface area contributed by atoms with Gasteiger partial charge < -0.3 is 14.7 Å². The van der Waals surface area contributed by atoms with E-state index in [1.807, 2.05) is 0 Å². The highest BCUT2D eigenvalue weighted by Crippen LogP contribution is 2.34. The van der Waals surface area contributed by atoms with Crippen molar-refractivity contribution in [1.82, 2.24) is 20.4 Å². The Kier molecular flexibility index (Phi) is 7.76. The van der Waals surface area contributed by atoms with Crippen LogP contribution in [0.1, 0.15) is 63.6 Å². The van der Waals surface area contributed by atoms with Gasteiger partial charge in [-0.2, -0.15) is 4.98 Å². The van der Waals surface area contributed by atoms with E-state index < -0.39 is 5.54 Å². The van der Waals surface area contributed by atoms with Crippen molar-refractivity contribution in [2.75, 3.05) is 13.1 Å². The minimum atomic E-state index is -0.564. The molecule has 0 atom stereocenters. The summed E-state index contributed by atoms with van der Waals surface area (Å²) >= 11 is 0. The molecule has 7 nitrogen and oxygen atoms in total. The van der Waals surface area contributed by atoms with Crippen LogP contribution in [0, 0.1) is 0 Å². The quantitative estimate of drug-likeness (QED) is 0.530. The van der Waals surface area contributed by atoms with Gasteiger partial charge in [-0.15, -0.1) is 13.2 Å². The number of rotatable bonds is 9. The number of carbonyl (C=O) groups excluding carboxylic acids is 2. The van der Waals surface area contributed by atoms with E-state index in [9.17, 15) is 9.59 Å². The summed E-state index contributed by atoms with van der Waals surface area (Å²) in [6.45, 7) is 9.82. The first-order valence-electron chi connectivity index (χ1n) is 9.62. The van der Waals surface area contributed by atoms with Gasteiger partial charge in [-0.05, 0) is 12.8 Å². The molecule has 1 aliphatic carbocycles. The predicted octanol–water partition coefficient (Wildman–Crippen LogP) is 2.89. The minimum Gasteiger partial charge on any atom is -0.343 e. The van der Waals surface area contributed by atoms with E-state index in [1.165, 1.54) is 6.92 Å². The van der Waals surface area contributed by atoms with Crippen LogP contribution in [0.25, 0.3) is 0 Å². The van der Waals surface area contributed by atoms with Crippen molar-refractivity contribution in [2.24, 2.45) is 0 Å². The summed E-state index contributed by atoms with van der Waals surface area (Å²) in [6.07, 6.45) is 9.94. The van der Waals surface area contributed by atoms with Crippen LogP contribution in [0.3, 0.4) is 0 Å². The molecule has 1 saturated carbocycles. The third-order valence-corrected chi connectivity index (χ3v) is 4.87. The predicted molar refractivity (Wildman–Crippen MR) is 103 cm³/mol. The molecule has 1 aliphatic rings. The minimum absolute atomic E-state index is 0.0133. The molecule has 1 aromatic rings. The summed E-state index contributed by atoms with van der Waals surface area (Å²) in [5.41, 5.74) is -0.564. The Bertz CT molecular complexity index is 650. The number of hydrogen-bond donors (Lipinski definition) is 1. The summed E-state index contributed by atoms with van der Waals surface area (Å²) in [5.74, 6) is 0.837. The summed E-state index contributed by atoms with van der Waals surface area (Å²) in [5, 5.41) is 7.20. The van der Waals surface area contributed by atoms with E-state index in [0.29, 0.717) is 31.2 Å². The summed E-state index contributed by atoms with van der Waals surface area (Å²) in [4.78, 5) is 30.3. The number of amides is 2. The van der Waals surface area contributed by atoms with Crippen LogP contribution in [0.15, 0.2) is 29.8 Å². The van der Waals surface area contributed by atoms with Crippen LogP contribution in [0.4, 0.5) is 0 Å². The number of aryl methyl sites for hydroxylation is 1. The normalized spacial score (nSPS) is 16.2. The first kappa shape index (κ1) is 20.9. The Morgan fingerprint density at radius 1 is 1.19 bits per heavy atom. The van der Waals surface area contributed by atoms with Crippen LogP contribution in [-0.4, -0.2) is 39.9 Å². The molecule has 2 rings (SSSR count). The number of aromatic nitrogens is 2. The van der Waals surface area contributed by atoms with Crippen LogP contribution in [0.5, 0.6) is 0 Å². The Morgan fingerprint density at radius 3 is 2.37 bits per heavy atom. The SMILES string of the molecule is C=CCN(CC=C)C(=O)CCc1nc(C2(NC(C)=O)CCCCCC2)no1. The zero-order chi connectivity index (χ0) is 19.7. The van der Waals surface area contributed by atoms with Crippen molar-refractivity contribution in [3.05, 3.63) is 37.0 Å². The van der Waals surface area contributed by atoms with Crippen LogP contribution < -0.4 is 5.32 Å². The number of nitrogens with zero attached hydrogens (tertiary/aromatic N) is 3. The van der Waals surface area contributed by atoms with Gasteiger partial charge in [0.15, 0.2) is 5.82 Å². The molecule has 148 valence electrons. The monoisotopic (exact) mass is 374 g/mol. The Labute approximate surface area is 160 Å². The van der Waals surface area contributed by atoms with E-state index in [1.54, 1.807) is 17.1 Å². The lowest BCUT2D eigenvalue weighted by Gasteiger charge is -2.30. The van der Waals surface area contributed by atoms with Crippen LogP contribution in [0.2, 0.25) is 0 Å². The molecule has 0 aromatic carbocycles. The number of carbonyl (C=O) groups is 2. The van der Waals surface area contributed by atoms with Gasteiger partial charge in [0, 0.05) is 32.9 Å². The number of nitrogens with one attached hydrogen (secondary N) is 1. The average molecular weight is 374 g/mol. The molecule has 0 radical (unpaired) electrons. The zero-order valence-corrected chi connectivity index (χ0v) is 16.2. The number of hydrogen-bond acceptors (Lipinski definition) is 5.